The van der Waals surface area contributed by atoms with Crippen LogP contribution in [0.1, 0.15) is 25.7 Å². The van der Waals surface area contributed by atoms with Crippen LogP contribution in [-0.4, -0.2) is 29.7 Å². The maximum atomic E-state index is 11.8. The fourth-order valence-electron chi connectivity index (χ4n) is 2.38. The molecule has 0 saturated heterocycles. The van der Waals surface area contributed by atoms with E-state index in [0.29, 0.717) is 6.54 Å². The first-order valence-electron chi connectivity index (χ1n) is 6.57. The van der Waals surface area contributed by atoms with Crippen LogP contribution >= 0.6 is 15.9 Å². The molecule has 0 unspecified atom stereocenters. The number of carbonyl (C=O) groups excluding carboxylic acids is 1. The van der Waals surface area contributed by atoms with Crippen LogP contribution in [-0.2, 0) is 4.79 Å². The van der Waals surface area contributed by atoms with Gasteiger partial charge in [0.15, 0.2) is 0 Å². The van der Waals surface area contributed by atoms with Gasteiger partial charge in [-0.1, -0.05) is 25.0 Å². The molecular formula is C14H19BrN2O2. The summed E-state index contributed by atoms with van der Waals surface area (Å²) in [7, 11) is 0. The van der Waals surface area contributed by atoms with Crippen LogP contribution in [0.15, 0.2) is 28.7 Å². The first kappa shape index (κ1) is 14.5. The van der Waals surface area contributed by atoms with E-state index in [9.17, 15) is 9.90 Å². The first-order chi connectivity index (χ1) is 9.09. The van der Waals surface area contributed by atoms with Gasteiger partial charge in [0.1, 0.15) is 0 Å². The Kier molecular flexibility index (Phi) is 4.96. The normalized spacial score (nSPS) is 17.4. The van der Waals surface area contributed by atoms with Crippen molar-refractivity contribution in [3.8, 4) is 0 Å². The second kappa shape index (κ2) is 6.50. The number of anilines is 1. The van der Waals surface area contributed by atoms with Crippen molar-refractivity contribution in [2.75, 3.05) is 18.4 Å². The highest BCUT2D eigenvalue weighted by molar-refractivity contribution is 9.10. The predicted octanol–water partition coefficient (Wildman–Crippen LogP) is 2.28. The van der Waals surface area contributed by atoms with Gasteiger partial charge < -0.3 is 15.7 Å². The fraction of sp³-hybridized carbons (Fsp3) is 0.500. The molecule has 0 spiro atoms. The van der Waals surface area contributed by atoms with Gasteiger partial charge in [-0.05, 0) is 40.9 Å². The maximum Gasteiger partial charge on any atom is 0.238 e. The van der Waals surface area contributed by atoms with E-state index < -0.39 is 5.60 Å². The number of para-hydroxylation sites is 1. The van der Waals surface area contributed by atoms with Crippen molar-refractivity contribution in [3.63, 3.8) is 0 Å². The van der Waals surface area contributed by atoms with Gasteiger partial charge in [-0.3, -0.25) is 4.79 Å². The Morgan fingerprint density at radius 3 is 2.68 bits per heavy atom. The first-order valence-corrected chi connectivity index (χ1v) is 7.36. The van der Waals surface area contributed by atoms with E-state index in [1.165, 1.54) is 0 Å². The van der Waals surface area contributed by atoms with E-state index in [4.69, 9.17) is 0 Å². The summed E-state index contributed by atoms with van der Waals surface area (Å²) in [5.41, 5.74) is 0.141. The molecule has 1 aliphatic rings. The van der Waals surface area contributed by atoms with Crippen molar-refractivity contribution < 1.29 is 9.90 Å². The van der Waals surface area contributed by atoms with E-state index in [2.05, 4.69) is 26.6 Å². The Morgan fingerprint density at radius 1 is 1.32 bits per heavy atom. The van der Waals surface area contributed by atoms with E-state index in [-0.39, 0.29) is 12.5 Å². The van der Waals surface area contributed by atoms with Gasteiger partial charge in [-0.25, -0.2) is 0 Å². The molecule has 0 bridgehead atoms. The minimum atomic E-state index is -0.617. The number of hydrogen-bond acceptors (Lipinski definition) is 3. The van der Waals surface area contributed by atoms with E-state index in [1.54, 1.807) is 0 Å². The van der Waals surface area contributed by atoms with Gasteiger partial charge in [0.25, 0.3) is 0 Å². The molecular weight excluding hydrogens is 308 g/mol. The summed E-state index contributed by atoms with van der Waals surface area (Å²) in [6.45, 7) is 0.694. The highest BCUT2D eigenvalue weighted by Gasteiger charge is 2.30. The minimum Gasteiger partial charge on any atom is -0.389 e. The summed E-state index contributed by atoms with van der Waals surface area (Å²) in [4.78, 5) is 11.8. The standard InChI is InChI=1S/C14H19BrN2O2/c15-11-5-1-2-6-12(11)17-13(18)9-16-10-14(19)7-3-4-8-14/h1-2,5-6,16,19H,3-4,7-10H2,(H,17,18). The number of rotatable bonds is 5. The van der Waals surface area contributed by atoms with E-state index in [0.717, 1.165) is 35.8 Å². The Morgan fingerprint density at radius 2 is 2.00 bits per heavy atom. The molecule has 19 heavy (non-hydrogen) atoms. The van der Waals surface area contributed by atoms with E-state index >= 15 is 0 Å². The molecule has 0 radical (unpaired) electrons. The second-order valence-corrected chi connectivity index (χ2v) is 5.92. The Bertz CT molecular complexity index is 445. The van der Waals surface area contributed by atoms with Crippen molar-refractivity contribution in [2.24, 2.45) is 0 Å². The molecule has 1 aromatic rings. The lowest BCUT2D eigenvalue weighted by molar-refractivity contribution is -0.115. The maximum absolute atomic E-state index is 11.8. The van der Waals surface area contributed by atoms with Gasteiger partial charge >= 0.3 is 0 Å². The zero-order valence-corrected chi connectivity index (χ0v) is 12.4. The lowest BCUT2D eigenvalue weighted by atomic mass is 10.0. The summed E-state index contributed by atoms with van der Waals surface area (Å²) < 4.78 is 0.859. The zero-order chi connectivity index (χ0) is 13.7. The Labute approximate surface area is 121 Å². The van der Waals surface area contributed by atoms with Crippen molar-refractivity contribution in [2.45, 2.75) is 31.3 Å². The van der Waals surface area contributed by atoms with Crippen LogP contribution in [0, 0.1) is 0 Å². The summed E-state index contributed by atoms with van der Waals surface area (Å²) in [6, 6.07) is 7.49. The molecule has 5 heteroatoms. The van der Waals surface area contributed by atoms with Gasteiger partial charge in [-0.15, -0.1) is 0 Å². The SMILES string of the molecule is O=C(CNCC1(O)CCCC1)Nc1ccccc1Br. The Hall–Kier alpha value is -0.910. The van der Waals surface area contributed by atoms with Crippen molar-refractivity contribution in [3.05, 3.63) is 28.7 Å². The third-order valence-electron chi connectivity index (χ3n) is 3.42. The quantitative estimate of drug-likeness (QED) is 0.778. The molecule has 1 amide bonds. The molecule has 2 rings (SSSR count). The van der Waals surface area contributed by atoms with Crippen LogP contribution in [0.5, 0.6) is 0 Å². The van der Waals surface area contributed by atoms with Crippen LogP contribution in [0.2, 0.25) is 0 Å². The molecule has 1 fully saturated rings. The molecule has 0 aromatic heterocycles. The molecule has 104 valence electrons. The van der Waals surface area contributed by atoms with Crippen molar-refractivity contribution in [1.82, 2.24) is 5.32 Å². The fourth-order valence-corrected chi connectivity index (χ4v) is 2.76. The number of amides is 1. The highest BCUT2D eigenvalue weighted by atomic mass is 79.9. The summed E-state index contributed by atoms with van der Waals surface area (Å²) in [6.07, 6.45) is 3.79. The molecule has 0 atom stereocenters. The third-order valence-corrected chi connectivity index (χ3v) is 4.11. The molecule has 0 heterocycles. The monoisotopic (exact) mass is 326 g/mol. The minimum absolute atomic E-state index is 0.103. The topological polar surface area (TPSA) is 61.4 Å². The zero-order valence-electron chi connectivity index (χ0n) is 10.8. The average Bonchev–Trinajstić information content (AvgIpc) is 2.79. The predicted molar refractivity (Wildman–Crippen MR) is 79.1 cm³/mol. The second-order valence-electron chi connectivity index (χ2n) is 5.06. The summed E-state index contributed by atoms with van der Waals surface area (Å²) in [5.74, 6) is -0.103. The molecule has 1 aliphatic carbocycles. The molecule has 1 saturated carbocycles. The number of nitrogens with one attached hydrogen (secondary N) is 2. The van der Waals surface area contributed by atoms with Crippen molar-refractivity contribution in [1.29, 1.82) is 0 Å². The molecule has 0 aliphatic heterocycles. The number of hydrogen-bond donors (Lipinski definition) is 3. The van der Waals surface area contributed by atoms with Crippen LogP contribution in [0.25, 0.3) is 0 Å². The van der Waals surface area contributed by atoms with Crippen LogP contribution < -0.4 is 10.6 Å². The Balaban J connectivity index is 1.74. The lowest BCUT2D eigenvalue weighted by Crippen LogP contribution is -2.41. The van der Waals surface area contributed by atoms with Gasteiger partial charge in [0.05, 0.1) is 17.8 Å². The van der Waals surface area contributed by atoms with Gasteiger partial charge in [0.2, 0.25) is 5.91 Å². The number of carbonyl (C=O) groups is 1. The summed E-state index contributed by atoms with van der Waals surface area (Å²) in [5, 5.41) is 16.0. The third kappa shape index (κ3) is 4.30. The average molecular weight is 327 g/mol. The smallest absolute Gasteiger partial charge is 0.238 e. The van der Waals surface area contributed by atoms with E-state index in [1.807, 2.05) is 24.3 Å². The molecule has 3 N–H and O–H groups in total. The van der Waals surface area contributed by atoms with Gasteiger partial charge in [-0.2, -0.15) is 0 Å². The molecule has 1 aromatic carbocycles. The van der Waals surface area contributed by atoms with Crippen LogP contribution in [0.4, 0.5) is 5.69 Å². The molecule has 4 nitrogen and oxygen atoms in total. The van der Waals surface area contributed by atoms with Crippen LogP contribution in [0.3, 0.4) is 0 Å². The highest BCUT2D eigenvalue weighted by Crippen LogP contribution is 2.28. The van der Waals surface area contributed by atoms with Gasteiger partial charge in [0, 0.05) is 11.0 Å². The number of benzene rings is 1. The number of halogens is 1. The summed E-state index contributed by atoms with van der Waals surface area (Å²) >= 11 is 3.38. The largest absolute Gasteiger partial charge is 0.389 e. The number of aliphatic hydroxyl groups is 1. The lowest BCUT2D eigenvalue weighted by Gasteiger charge is -2.22. The van der Waals surface area contributed by atoms with Crippen molar-refractivity contribution >= 4 is 27.5 Å².